The monoisotopic (exact) mass is 588 g/mol. The predicted octanol–water partition coefficient (Wildman–Crippen LogP) is 10.1. The molecule has 10 rings (SSSR count). The van der Waals surface area contributed by atoms with E-state index < -0.39 is 60.4 Å². The lowest BCUT2D eigenvalue weighted by Crippen LogP contribution is -2.06. The van der Waals surface area contributed by atoms with E-state index in [1.807, 2.05) is 66.7 Å². The van der Waals surface area contributed by atoms with E-state index in [9.17, 15) is 2.74 Å². The molecule has 0 N–H and O–H groups in total. The highest BCUT2D eigenvalue weighted by atomic mass is 16.3. The van der Waals surface area contributed by atoms with Crippen molar-refractivity contribution < 1.29 is 22.5 Å². The van der Waals surface area contributed by atoms with Crippen LogP contribution < -0.4 is 0 Å². The molecule has 6 heteroatoms. The summed E-state index contributed by atoms with van der Waals surface area (Å²) in [5.74, 6) is 0.294. The maximum absolute atomic E-state index is 9.31. The van der Waals surface area contributed by atoms with Gasteiger partial charge in [0.1, 0.15) is 22.3 Å². The molecule has 0 bridgehead atoms. The molecule has 0 aliphatic heterocycles. The van der Waals surface area contributed by atoms with Crippen LogP contribution in [-0.2, 0) is 0 Å². The Bertz CT molecular complexity index is 3340. The van der Waals surface area contributed by atoms with Crippen LogP contribution in [0.3, 0.4) is 0 Å². The van der Waals surface area contributed by atoms with Crippen molar-refractivity contribution in [2.75, 3.05) is 0 Å². The number of hydrogen-bond donors (Lipinski definition) is 0. The highest BCUT2D eigenvalue weighted by Gasteiger charge is 2.23. The lowest BCUT2D eigenvalue weighted by atomic mass is 10.1. The molecule has 0 saturated carbocycles. The molecule has 6 nitrogen and oxygen atoms in total. The first-order valence-corrected chi connectivity index (χ1v) is 14.1. The number of benzene rings is 6. The van der Waals surface area contributed by atoms with Crippen LogP contribution in [-0.4, -0.2) is 19.5 Å². The molecule has 4 aromatic heterocycles. The van der Waals surface area contributed by atoms with Crippen LogP contribution in [0.25, 0.3) is 94.4 Å². The van der Waals surface area contributed by atoms with Gasteiger partial charge in [-0.2, -0.15) is 9.97 Å². The summed E-state index contributed by atoms with van der Waals surface area (Å²) in [6, 6.07) is 17.1. The van der Waals surface area contributed by atoms with Crippen LogP contribution >= 0.6 is 0 Å². The Morgan fingerprint density at radius 1 is 0.533 bits per heavy atom. The molecule has 4 heterocycles. The van der Waals surface area contributed by atoms with E-state index in [2.05, 4.69) is 0 Å². The lowest BCUT2D eigenvalue weighted by molar-refractivity contribution is 0.669. The first-order chi connectivity index (χ1) is 26.5. The van der Waals surface area contributed by atoms with E-state index >= 15 is 0 Å². The summed E-state index contributed by atoms with van der Waals surface area (Å²) in [6.07, 6.45) is 0. The molecule has 0 aliphatic rings. The Morgan fingerprint density at radius 3 is 2.22 bits per heavy atom. The fourth-order valence-corrected chi connectivity index (χ4v) is 6.03. The van der Waals surface area contributed by atoms with Crippen LogP contribution in [0.5, 0.6) is 0 Å². The number of para-hydroxylation sites is 3. The molecule has 0 fully saturated rings. The number of aromatic nitrogens is 4. The molecular weight excluding hydrogens is 556 g/mol. The summed E-state index contributed by atoms with van der Waals surface area (Å²) >= 11 is 0. The van der Waals surface area contributed by atoms with Crippen molar-refractivity contribution in [3.63, 3.8) is 0 Å². The second-order valence-electron chi connectivity index (χ2n) is 10.5. The summed E-state index contributed by atoms with van der Waals surface area (Å²) in [5.41, 5.74) is 1.90. The molecule has 0 radical (unpaired) electrons. The van der Waals surface area contributed by atoms with Crippen molar-refractivity contribution >= 4 is 65.7 Å². The Hall–Kier alpha value is -6.27. The minimum atomic E-state index is -0.563. The van der Waals surface area contributed by atoms with E-state index in [0.29, 0.717) is 22.3 Å². The molecule has 45 heavy (non-hydrogen) atoms. The van der Waals surface area contributed by atoms with Crippen LogP contribution in [0.2, 0.25) is 0 Å². The van der Waals surface area contributed by atoms with E-state index in [1.54, 1.807) is 6.07 Å². The van der Waals surface area contributed by atoms with Gasteiger partial charge in [-0.25, -0.2) is 4.98 Å². The lowest BCUT2D eigenvalue weighted by Gasteiger charge is -2.11. The zero-order valence-electron chi connectivity index (χ0n) is 33.0. The van der Waals surface area contributed by atoms with Crippen molar-refractivity contribution in [3.8, 4) is 28.7 Å². The molecule has 0 atom stereocenters. The molecule has 0 saturated heterocycles. The number of furan rings is 2. The average molecular weight is 589 g/mol. The quantitative estimate of drug-likeness (QED) is 0.205. The zero-order valence-corrected chi connectivity index (χ0v) is 23.0. The van der Waals surface area contributed by atoms with Crippen molar-refractivity contribution in [1.29, 1.82) is 0 Å². The van der Waals surface area contributed by atoms with Gasteiger partial charge in [0.05, 0.1) is 19.2 Å². The van der Waals surface area contributed by atoms with Gasteiger partial charge in [-0.1, -0.05) is 103 Å². The standard InChI is InChI=1S/C39H22N4O2/c1-2-11-23(12-3-1)37-40-38(29-16-10-20-33-34(29)28-15-6-9-19-32(28)44-33)42-39(41-37)43-30-17-7-4-13-24(30)26-21-22-27-25-14-5-8-18-31(25)45-36(27)35(26)43/h1-22H/i4D,5D,7D,8D,13D,14D,17D,18D,21D,22D. The van der Waals surface area contributed by atoms with Crippen molar-refractivity contribution in [3.05, 3.63) is 133 Å². The topological polar surface area (TPSA) is 69.9 Å². The molecule has 0 aliphatic carbocycles. The first kappa shape index (κ1) is 16.5. The third-order valence-corrected chi connectivity index (χ3v) is 7.96. The van der Waals surface area contributed by atoms with Gasteiger partial charge in [-0.05, 0) is 30.3 Å². The van der Waals surface area contributed by atoms with Crippen LogP contribution in [0.4, 0.5) is 0 Å². The van der Waals surface area contributed by atoms with Crippen molar-refractivity contribution in [1.82, 2.24) is 19.5 Å². The van der Waals surface area contributed by atoms with Gasteiger partial charge < -0.3 is 8.83 Å². The predicted molar refractivity (Wildman–Crippen MR) is 180 cm³/mol. The minimum absolute atomic E-state index is 0.0193. The second kappa shape index (κ2) is 9.11. The summed E-state index contributed by atoms with van der Waals surface area (Å²) in [7, 11) is 0. The van der Waals surface area contributed by atoms with E-state index in [1.165, 1.54) is 4.57 Å². The highest BCUT2D eigenvalue weighted by Crippen LogP contribution is 2.41. The normalized spacial score (nSPS) is 15.1. The molecular formula is C39H22N4O2. The number of nitrogens with zero attached hydrogens (tertiary/aromatic N) is 4. The zero-order chi connectivity index (χ0) is 38.2. The van der Waals surface area contributed by atoms with E-state index in [-0.39, 0.29) is 61.3 Å². The van der Waals surface area contributed by atoms with Gasteiger partial charge in [0.2, 0.25) is 5.95 Å². The fourth-order valence-electron chi connectivity index (χ4n) is 6.03. The van der Waals surface area contributed by atoms with Gasteiger partial charge in [0.25, 0.3) is 0 Å². The third kappa shape index (κ3) is 3.48. The minimum Gasteiger partial charge on any atom is -0.456 e. The maximum Gasteiger partial charge on any atom is 0.238 e. The van der Waals surface area contributed by atoms with Crippen LogP contribution in [0.1, 0.15) is 13.7 Å². The summed E-state index contributed by atoms with van der Waals surface area (Å²) in [4.78, 5) is 14.8. The molecule has 0 amide bonds. The van der Waals surface area contributed by atoms with E-state index in [0.717, 1.165) is 10.8 Å². The summed E-state index contributed by atoms with van der Waals surface area (Å²) in [6.45, 7) is 0. The van der Waals surface area contributed by atoms with Gasteiger partial charge >= 0.3 is 0 Å². The van der Waals surface area contributed by atoms with Gasteiger partial charge in [-0.15, -0.1) is 0 Å². The summed E-state index contributed by atoms with van der Waals surface area (Å²) < 4.78 is 102. The SMILES string of the molecule is [2H]c1c([2H])c([2H])c2c(oc3c2c([2H])c([2H])c2c4c([2H])c([2H])c([2H])c([2H])c4n(-c4nc(-c5ccccc5)nc(-c5cccc6oc7ccccc7c56)n4)c32)c1[2H]. The Balaban J connectivity index is 1.45. The third-order valence-electron chi connectivity index (χ3n) is 7.96. The maximum atomic E-state index is 9.31. The van der Waals surface area contributed by atoms with Crippen molar-refractivity contribution in [2.45, 2.75) is 0 Å². The van der Waals surface area contributed by atoms with Crippen LogP contribution in [0.15, 0.2) is 142 Å². The van der Waals surface area contributed by atoms with Crippen molar-refractivity contribution in [2.24, 2.45) is 0 Å². The Morgan fingerprint density at radius 2 is 1.29 bits per heavy atom. The Labute approximate surface area is 269 Å². The number of rotatable bonds is 3. The molecule has 0 spiro atoms. The Kier molecular flexibility index (Phi) is 3.35. The molecule has 0 unspecified atom stereocenters. The molecule has 210 valence electrons. The molecule has 10 aromatic rings. The highest BCUT2D eigenvalue weighted by molar-refractivity contribution is 6.21. The van der Waals surface area contributed by atoms with Gasteiger partial charge in [-0.3, -0.25) is 4.57 Å². The van der Waals surface area contributed by atoms with Gasteiger partial charge in [0.15, 0.2) is 17.2 Å². The summed E-state index contributed by atoms with van der Waals surface area (Å²) in [5, 5.41) is 1.18. The van der Waals surface area contributed by atoms with Gasteiger partial charge in [0, 0.05) is 43.4 Å². The molecule has 6 aromatic carbocycles. The van der Waals surface area contributed by atoms with E-state index in [4.69, 9.17) is 34.8 Å². The number of fused-ring (bicyclic) bond motifs is 10. The second-order valence-corrected chi connectivity index (χ2v) is 10.5. The average Bonchev–Trinajstić information content (AvgIpc) is 3.90. The smallest absolute Gasteiger partial charge is 0.238 e. The van der Waals surface area contributed by atoms with Crippen LogP contribution in [0, 0.1) is 0 Å². The number of hydrogen-bond acceptors (Lipinski definition) is 5. The fraction of sp³-hybridized carbons (Fsp3) is 0. The first-order valence-electron chi connectivity index (χ1n) is 19.1. The largest absolute Gasteiger partial charge is 0.456 e.